The molecule has 4 rings (SSSR count). The fraction of sp³-hybridized carbons (Fsp3) is 0. The summed E-state index contributed by atoms with van der Waals surface area (Å²) in [6.45, 7) is 0. The number of aromatic hydroxyl groups is 2. The van der Waals surface area contributed by atoms with Crippen molar-refractivity contribution >= 4 is 11.0 Å². The van der Waals surface area contributed by atoms with E-state index in [1.165, 1.54) is 10.7 Å². The van der Waals surface area contributed by atoms with E-state index in [4.69, 9.17) is 0 Å². The Balaban J connectivity index is 1.75. The van der Waals surface area contributed by atoms with E-state index in [-0.39, 0.29) is 5.75 Å². The number of rotatable bonds is 2. The molecule has 5 nitrogen and oxygen atoms in total. The lowest BCUT2D eigenvalue weighted by Crippen LogP contribution is -1.96. The van der Waals surface area contributed by atoms with Gasteiger partial charge in [-0.3, -0.25) is 0 Å². The van der Waals surface area contributed by atoms with Gasteiger partial charge in [0.15, 0.2) is 11.6 Å². The molecule has 1 aromatic heterocycles. The first-order valence-corrected chi connectivity index (χ1v) is 7.25. The first-order chi connectivity index (χ1) is 11.6. The van der Waals surface area contributed by atoms with Gasteiger partial charge in [0.05, 0.1) is 11.2 Å². The SMILES string of the molecule is Oc1ccc(-c2ccc(-n3nnc4cc(F)c(O)cc43)cc2)cc1. The highest BCUT2D eigenvalue weighted by Crippen LogP contribution is 2.26. The molecule has 0 saturated heterocycles. The molecule has 4 aromatic rings. The first kappa shape index (κ1) is 14.2. The van der Waals surface area contributed by atoms with Gasteiger partial charge in [0.1, 0.15) is 11.3 Å². The second-order valence-corrected chi connectivity index (χ2v) is 5.39. The van der Waals surface area contributed by atoms with Crippen LogP contribution in [0.1, 0.15) is 0 Å². The van der Waals surface area contributed by atoms with Crippen LogP contribution in [0.3, 0.4) is 0 Å². The van der Waals surface area contributed by atoms with Gasteiger partial charge in [-0.15, -0.1) is 5.10 Å². The molecule has 3 aromatic carbocycles. The Hall–Kier alpha value is -3.41. The molecule has 6 heteroatoms. The van der Waals surface area contributed by atoms with Crippen LogP contribution in [-0.4, -0.2) is 25.2 Å². The highest BCUT2D eigenvalue weighted by molar-refractivity contribution is 5.78. The van der Waals surface area contributed by atoms with Gasteiger partial charge in [-0.1, -0.05) is 29.5 Å². The second kappa shape index (κ2) is 5.34. The standard InChI is InChI=1S/C18H12FN3O2/c19-15-9-16-17(10-18(15)24)22(21-20-16)13-5-1-11(2-6-13)12-3-7-14(23)8-4-12/h1-10,23-24H. The number of benzene rings is 3. The molecule has 1 heterocycles. The van der Waals surface area contributed by atoms with Crippen LogP contribution < -0.4 is 0 Å². The van der Waals surface area contributed by atoms with Gasteiger partial charge in [-0.25, -0.2) is 9.07 Å². The third-order valence-corrected chi connectivity index (χ3v) is 3.83. The van der Waals surface area contributed by atoms with Crippen molar-refractivity contribution in [3.63, 3.8) is 0 Å². The van der Waals surface area contributed by atoms with Gasteiger partial charge in [0, 0.05) is 12.1 Å². The second-order valence-electron chi connectivity index (χ2n) is 5.39. The fourth-order valence-electron chi connectivity index (χ4n) is 2.57. The fourth-order valence-corrected chi connectivity index (χ4v) is 2.57. The molecule has 0 bridgehead atoms. The van der Waals surface area contributed by atoms with Crippen molar-refractivity contribution < 1.29 is 14.6 Å². The molecule has 118 valence electrons. The maximum Gasteiger partial charge on any atom is 0.167 e. The molecule has 0 aliphatic rings. The van der Waals surface area contributed by atoms with Crippen LogP contribution in [0.4, 0.5) is 4.39 Å². The Morgan fingerprint density at radius 3 is 2.12 bits per heavy atom. The van der Waals surface area contributed by atoms with Crippen LogP contribution in [0.25, 0.3) is 27.8 Å². The molecule has 24 heavy (non-hydrogen) atoms. The Bertz CT molecular complexity index is 1020. The van der Waals surface area contributed by atoms with Gasteiger partial charge >= 0.3 is 0 Å². The van der Waals surface area contributed by atoms with Crippen LogP contribution in [0, 0.1) is 5.82 Å². The number of hydrogen-bond acceptors (Lipinski definition) is 4. The highest BCUT2D eigenvalue weighted by atomic mass is 19.1. The molecule has 0 amide bonds. The largest absolute Gasteiger partial charge is 0.508 e. The molecule has 2 N–H and O–H groups in total. The van der Waals surface area contributed by atoms with Crippen molar-refractivity contribution in [3.8, 4) is 28.3 Å². The number of phenolic OH excluding ortho intramolecular Hbond substituents is 2. The van der Waals surface area contributed by atoms with Gasteiger partial charge in [-0.2, -0.15) is 0 Å². The quantitative estimate of drug-likeness (QED) is 0.591. The molecule has 0 aliphatic heterocycles. The lowest BCUT2D eigenvalue weighted by atomic mass is 10.1. The minimum atomic E-state index is -0.725. The summed E-state index contributed by atoms with van der Waals surface area (Å²) >= 11 is 0. The average Bonchev–Trinajstić information content (AvgIpc) is 2.99. The highest BCUT2D eigenvalue weighted by Gasteiger charge is 2.11. The monoisotopic (exact) mass is 321 g/mol. The summed E-state index contributed by atoms with van der Waals surface area (Å²) in [7, 11) is 0. The number of fused-ring (bicyclic) bond motifs is 1. The Labute approximate surface area is 136 Å². The minimum absolute atomic E-state index is 0.219. The summed E-state index contributed by atoms with van der Waals surface area (Å²) < 4.78 is 14.9. The van der Waals surface area contributed by atoms with Crippen molar-refractivity contribution in [3.05, 3.63) is 66.5 Å². The lowest BCUT2D eigenvalue weighted by Gasteiger charge is -2.06. The van der Waals surface area contributed by atoms with E-state index in [1.54, 1.807) is 12.1 Å². The summed E-state index contributed by atoms with van der Waals surface area (Å²) in [4.78, 5) is 0. The van der Waals surface area contributed by atoms with Crippen LogP contribution in [0.2, 0.25) is 0 Å². The maximum atomic E-state index is 13.4. The maximum absolute atomic E-state index is 13.4. The molecule has 0 saturated carbocycles. The van der Waals surface area contributed by atoms with Crippen molar-refractivity contribution in [2.45, 2.75) is 0 Å². The molecular weight excluding hydrogens is 309 g/mol. The molecule has 0 atom stereocenters. The Morgan fingerprint density at radius 1 is 0.833 bits per heavy atom. The van der Waals surface area contributed by atoms with Crippen molar-refractivity contribution in [2.24, 2.45) is 0 Å². The first-order valence-electron chi connectivity index (χ1n) is 7.25. The molecular formula is C18H12FN3O2. The number of phenols is 2. The average molecular weight is 321 g/mol. The topological polar surface area (TPSA) is 71.2 Å². The van der Waals surface area contributed by atoms with E-state index < -0.39 is 11.6 Å². The third-order valence-electron chi connectivity index (χ3n) is 3.83. The Morgan fingerprint density at radius 2 is 1.46 bits per heavy atom. The van der Waals surface area contributed by atoms with E-state index in [0.717, 1.165) is 22.9 Å². The third kappa shape index (κ3) is 2.34. The summed E-state index contributed by atoms with van der Waals surface area (Å²) in [6.07, 6.45) is 0. The molecule has 0 unspecified atom stereocenters. The van der Waals surface area contributed by atoms with Crippen LogP contribution >= 0.6 is 0 Å². The minimum Gasteiger partial charge on any atom is -0.508 e. The smallest absolute Gasteiger partial charge is 0.167 e. The van der Waals surface area contributed by atoms with E-state index in [0.29, 0.717) is 11.0 Å². The van der Waals surface area contributed by atoms with Crippen molar-refractivity contribution in [2.75, 3.05) is 0 Å². The zero-order chi connectivity index (χ0) is 16.7. The van der Waals surface area contributed by atoms with E-state index in [1.807, 2.05) is 36.4 Å². The number of aromatic nitrogens is 3. The summed E-state index contributed by atoms with van der Waals surface area (Å²) in [5.41, 5.74) is 3.59. The molecule has 0 fully saturated rings. The summed E-state index contributed by atoms with van der Waals surface area (Å²) in [6, 6.07) is 16.9. The van der Waals surface area contributed by atoms with Crippen LogP contribution in [0.5, 0.6) is 11.5 Å². The normalized spacial score (nSPS) is 11.0. The van der Waals surface area contributed by atoms with Crippen LogP contribution in [-0.2, 0) is 0 Å². The van der Waals surface area contributed by atoms with E-state index in [9.17, 15) is 14.6 Å². The van der Waals surface area contributed by atoms with Gasteiger partial charge < -0.3 is 10.2 Å². The van der Waals surface area contributed by atoms with Crippen molar-refractivity contribution in [1.82, 2.24) is 15.0 Å². The predicted octanol–water partition coefficient (Wildman–Crippen LogP) is 3.64. The van der Waals surface area contributed by atoms with Gasteiger partial charge in [-0.05, 0) is 35.4 Å². The summed E-state index contributed by atoms with van der Waals surface area (Å²) in [5, 5.41) is 26.8. The molecule has 0 aliphatic carbocycles. The predicted molar refractivity (Wildman–Crippen MR) is 87.6 cm³/mol. The number of nitrogens with zero attached hydrogens (tertiary/aromatic N) is 3. The van der Waals surface area contributed by atoms with E-state index >= 15 is 0 Å². The van der Waals surface area contributed by atoms with Gasteiger partial charge in [0.2, 0.25) is 0 Å². The lowest BCUT2D eigenvalue weighted by molar-refractivity contribution is 0.433. The molecule has 0 radical (unpaired) electrons. The zero-order valence-corrected chi connectivity index (χ0v) is 12.4. The number of halogens is 1. The molecule has 0 spiro atoms. The van der Waals surface area contributed by atoms with Crippen molar-refractivity contribution in [1.29, 1.82) is 0 Å². The Kier molecular flexibility index (Phi) is 3.16. The van der Waals surface area contributed by atoms with Crippen LogP contribution in [0.15, 0.2) is 60.7 Å². The number of hydrogen-bond donors (Lipinski definition) is 2. The van der Waals surface area contributed by atoms with E-state index in [2.05, 4.69) is 10.3 Å². The zero-order valence-electron chi connectivity index (χ0n) is 12.4. The summed E-state index contributed by atoms with van der Waals surface area (Å²) in [5.74, 6) is -0.944. The van der Waals surface area contributed by atoms with Gasteiger partial charge in [0.25, 0.3) is 0 Å².